The van der Waals surface area contributed by atoms with E-state index in [9.17, 15) is 0 Å². The average Bonchev–Trinajstić information content (AvgIpc) is 2.22. The highest BCUT2D eigenvalue weighted by Gasteiger charge is 2.25. The predicted octanol–water partition coefficient (Wildman–Crippen LogP) is 2.64. The number of nitrogens with one attached hydrogen (secondary N) is 1. The molecule has 1 heterocycles. The second-order valence-corrected chi connectivity index (χ2v) is 5.20. The van der Waals surface area contributed by atoms with Gasteiger partial charge < -0.3 is 5.32 Å². The standard InChI is InChI=1S/C13H28N2/c1-5-6-7-8-12(3)15-10-11(2)14-9-13(15)4/h11-14H,5-10H2,1-4H3. The summed E-state index contributed by atoms with van der Waals surface area (Å²) >= 11 is 0. The van der Waals surface area contributed by atoms with Crippen LogP contribution in [0.15, 0.2) is 0 Å². The molecule has 3 atom stereocenters. The van der Waals surface area contributed by atoms with Gasteiger partial charge in [-0.05, 0) is 27.2 Å². The molecule has 0 spiro atoms. The van der Waals surface area contributed by atoms with Gasteiger partial charge in [0, 0.05) is 31.2 Å². The van der Waals surface area contributed by atoms with E-state index < -0.39 is 0 Å². The summed E-state index contributed by atoms with van der Waals surface area (Å²) in [6.07, 6.45) is 5.48. The van der Waals surface area contributed by atoms with E-state index in [4.69, 9.17) is 0 Å². The Balaban J connectivity index is 2.32. The highest BCUT2D eigenvalue weighted by atomic mass is 15.2. The Kier molecular flexibility index (Phi) is 5.62. The molecule has 90 valence electrons. The van der Waals surface area contributed by atoms with Gasteiger partial charge in [-0.2, -0.15) is 0 Å². The highest BCUT2D eigenvalue weighted by molar-refractivity contribution is 4.84. The van der Waals surface area contributed by atoms with E-state index in [1.165, 1.54) is 32.2 Å². The monoisotopic (exact) mass is 212 g/mol. The van der Waals surface area contributed by atoms with Crippen LogP contribution < -0.4 is 5.32 Å². The molecule has 1 aliphatic rings. The Bertz CT molecular complexity index is 170. The first-order valence-corrected chi connectivity index (χ1v) is 6.64. The lowest BCUT2D eigenvalue weighted by molar-refractivity contribution is 0.0973. The molecule has 1 N–H and O–H groups in total. The van der Waals surface area contributed by atoms with Crippen LogP contribution in [0.3, 0.4) is 0 Å². The Labute approximate surface area is 95.4 Å². The molecule has 0 amide bonds. The van der Waals surface area contributed by atoms with E-state index >= 15 is 0 Å². The fourth-order valence-electron chi connectivity index (χ4n) is 2.52. The van der Waals surface area contributed by atoms with Gasteiger partial charge in [-0.1, -0.05) is 26.2 Å². The van der Waals surface area contributed by atoms with E-state index in [1.54, 1.807) is 0 Å². The average molecular weight is 212 g/mol. The van der Waals surface area contributed by atoms with Gasteiger partial charge >= 0.3 is 0 Å². The third-order valence-corrected chi connectivity index (χ3v) is 3.60. The Morgan fingerprint density at radius 1 is 1.33 bits per heavy atom. The van der Waals surface area contributed by atoms with E-state index in [1.807, 2.05) is 0 Å². The summed E-state index contributed by atoms with van der Waals surface area (Å²) in [4.78, 5) is 2.68. The smallest absolute Gasteiger partial charge is 0.0195 e. The second-order valence-electron chi connectivity index (χ2n) is 5.20. The van der Waals surface area contributed by atoms with Crippen molar-refractivity contribution in [3.8, 4) is 0 Å². The molecule has 0 radical (unpaired) electrons. The molecule has 0 aliphatic carbocycles. The predicted molar refractivity (Wildman–Crippen MR) is 67.2 cm³/mol. The van der Waals surface area contributed by atoms with Crippen LogP contribution >= 0.6 is 0 Å². The van der Waals surface area contributed by atoms with Gasteiger partial charge in [-0.15, -0.1) is 0 Å². The second kappa shape index (κ2) is 6.49. The minimum Gasteiger partial charge on any atom is -0.311 e. The van der Waals surface area contributed by atoms with Crippen LogP contribution in [0.1, 0.15) is 53.4 Å². The summed E-state index contributed by atoms with van der Waals surface area (Å²) < 4.78 is 0. The van der Waals surface area contributed by atoms with Gasteiger partial charge in [0.2, 0.25) is 0 Å². The van der Waals surface area contributed by atoms with Gasteiger partial charge in [0.05, 0.1) is 0 Å². The molecule has 0 aromatic rings. The topological polar surface area (TPSA) is 15.3 Å². The van der Waals surface area contributed by atoms with E-state index in [2.05, 4.69) is 37.9 Å². The molecule has 0 saturated carbocycles. The van der Waals surface area contributed by atoms with Gasteiger partial charge in [0.25, 0.3) is 0 Å². The van der Waals surface area contributed by atoms with Gasteiger partial charge in [-0.25, -0.2) is 0 Å². The Morgan fingerprint density at radius 3 is 2.73 bits per heavy atom. The summed E-state index contributed by atoms with van der Waals surface area (Å²) in [5, 5.41) is 3.54. The van der Waals surface area contributed by atoms with Crippen molar-refractivity contribution < 1.29 is 0 Å². The van der Waals surface area contributed by atoms with Crippen LogP contribution in [0, 0.1) is 0 Å². The lowest BCUT2D eigenvalue weighted by Gasteiger charge is -2.41. The molecule has 0 aromatic heterocycles. The van der Waals surface area contributed by atoms with Crippen molar-refractivity contribution in [1.82, 2.24) is 10.2 Å². The third kappa shape index (κ3) is 4.12. The summed E-state index contributed by atoms with van der Waals surface area (Å²) in [5.41, 5.74) is 0. The molecule has 1 saturated heterocycles. The summed E-state index contributed by atoms with van der Waals surface area (Å²) in [6, 6.07) is 2.13. The number of piperazine rings is 1. The van der Waals surface area contributed by atoms with E-state index in [0.29, 0.717) is 12.1 Å². The fraction of sp³-hybridized carbons (Fsp3) is 1.00. The van der Waals surface area contributed by atoms with E-state index in [0.717, 1.165) is 12.6 Å². The molecule has 15 heavy (non-hydrogen) atoms. The zero-order valence-corrected chi connectivity index (χ0v) is 10.9. The first-order chi connectivity index (χ1) is 7.15. The van der Waals surface area contributed by atoms with Crippen LogP contribution in [0.2, 0.25) is 0 Å². The molecular formula is C13H28N2. The lowest BCUT2D eigenvalue weighted by atomic mass is 10.0. The number of hydrogen-bond donors (Lipinski definition) is 1. The fourth-order valence-corrected chi connectivity index (χ4v) is 2.52. The number of nitrogens with zero attached hydrogens (tertiary/aromatic N) is 1. The highest BCUT2D eigenvalue weighted by Crippen LogP contribution is 2.15. The number of rotatable bonds is 5. The molecule has 3 unspecified atom stereocenters. The quantitative estimate of drug-likeness (QED) is 0.705. The molecule has 1 fully saturated rings. The van der Waals surface area contributed by atoms with Gasteiger partial charge in [0.1, 0.15) is 0 Å². The first-order valence-electron chi connectivity index (χ1n) is 6.64. The zero-order valence-electron chi connectivity index (χ0n) is 10.9. The van der Waals surface area contributed by atoms with Crippen molar-refractivity contribution in [2.75, 3.05) is 13.1 Å². The summed E-state index contributed by atoms with van der Waals surface area (Å²) in [6.45, 7) is 11.7. The van der Waals surface area contributed by atoms with Crippen LogP contribution in [0.25, 0.3) is 0 Å². The molecule has 1 aliphatic heterocycles. The zero-order chi connectivity index (χ0) is 11.3. The minimum atomic E-state index is 0.662. The molecular weight excluding hydrogens is 184 g/mol. The van der Waals surface area contributed by atoms with Crippen molar-refractivity contribution in [2.45, 2.75) is 71.5 Å². The molecule has 2 nitrogen and oxygen atoms in total. The van der Waals surface area contributed by atoms with Crippen molar-refractivity contribution in [3.05, 3.63) is 0 Å². The summed E-state index contributed by atoms with van der Waals surface area (Å²) in [7, 11) is 0. The normalized spacial score (nSPS) is 30.4. The van der Waals surface area contributed by atoms with Crippen LogP contribution in [0.5, 0.6) is 0 Å². The maximum absolute atomic E-state index is 3.54. The third-order valence-electron chi connectivity index (χ3n) is 3.60. The maximum atomic E-state index is 3.54. The van der Waals surface area contributed by atoms with Crippen molar-refractivity contribution in [3.63, 3.8) is 0 Å². The number of unbranched alkanes of at least 4 members (excludes halogenated alkanes) is 2. The minimum absolute atomic E-state index is 0.662. The summed E-state index contributed by atoms with van der Waals surface area (Å²) in [5.74, 6) is 0. The Morgan fingerprint density at radius 2 is 2.07 bits per heavy atom. The van der Waals surface area contributed by atoms with Crippen molar-refractivity contribution in [1.29, 1.82) is 0 Å². The molecule has 1 rings (SSSR count). The SMILES string of the molecule is CCCCCC(C)N1CC(C)NCC1C. The van der Waals surface area contributed by atoms with E-state index in [-0.39, 0.29) is 0 Å². The van der Waals surface area contributed by atoms with Crippen LogP contribution in [0.4, 0.5) is 0 Å². The first kappa shape index (κ1) is 13.0. The molecule has 0 bridgehead atoms. The van der Waals surface area contributed by atoms with Crippen LogP contribution in [-0.2, 0) is 0 Å². The van der Waals surface area contributed by atoms with Crippen LogP contribution in [-0.4, -0.2) is 36.1 Å². The van der Waals surface area contributed by atoms with Gasteiger partial charge in [0.15, 0.2) is 0 Å². The van der Waals surface area contributed by atoms with Crippen molar-refractivity contribution >= 4 is 0 Å². The van der Waals surface area contributed by atoms with Crippen molar-refractivity contribution in [2.24, 2.45) is 0 Å². The Hall–Kier alpha value is -0.0800. The van der Waals surface area contributed by atoms with Gasteiger partial charge in [-0.3, -0.25) is 4.90 Å². The largest absolute Gasteiger partial charge is 0.311 e. The molecule has 0 aromatic carbocycles. The maximum Gasteiger partial charge on any atom is 0.0195 e. The molecule has 2 heteroatoms. The number of hydrogen-bond acceptors (Lipinski definition) is 2. The lowest BCUT2D eigenvalue weighted by Crippen LogP contribution is -2.56.